The third kappa shape index (κ3) is 3.53. The molecule has 1 aromatic rings. The van der Waals surface area contributed by atoms with E-state index in [1.807, 2.05) is 12.1 Å². The van der Waals surface area contributed by atoms with Gasteiger partial charge >= 0.3 is 0 Å². The molecule has 0 unspecified atom stereocenters. The molecule has 0 N–H and O–H groups in total. The minimum absolute atomic E-state index is 0.574. The summed E-state index contributed by atoms with van der Waals surface area (Å²) in [4.78, 5) is 2.47. The first-order chi connectivity index (χ1) is 7.69. The first-order valence-corrected chi connectivity index (χ1v) is 6.05. The van der Waals surface area contributed by atoms with Crippen LogP contribution in [0, 0.1) is 0 Å². The molecule has 0 bridgehead atoms. The highest BCUT2D eigenvalue weighted by molar-refractivity contribution is 5.33. The number of ether oxygens (including phenoxy) is 1. The number of hydrogen-bond donors (Lipinski definition) is 0. The monoisotopic (exact) mass is 221 g/mol. The van der Waals surface area contributed by atoms with Crippen LogP contribution in [-0.2, 0) is 6.54 Å². The highest BCUT2D eigenvalue weighted by Gasteiger charge is 2.11. The standard InChI is InChI=1S/C14H23NO/c1-5-10-15(12(2)3)11-13-8-6-7-9-14(13)16-4/h6-9,12H,5,10-11H2,1-4H3. The van der Waals surface area contributed by atoms with Crippen LogP contribution in [0.25, 0.3) is 0 Å². The fourth-order valence-electron chi connectivity index (χ4n) is 1.86. The van der Waals surface area contributed by atoms with Crippen LogP contribution in [0.3, 0.4) is 0 Å². The van der Waals surface area contributed by atoms with Crippen molar-refractivity contribution in [3.05, 3.63) is 29.8 Å². The van der Waals surface area contributed by atoms with Gasteiger partial charge in [0.05, 0.1) is 7.11 Å². The molecule has 0 aliphatic heterocycles. The molecule has 1 rings (SSSR count). The van der Waals surface area contributed by atoms with Gasteiger partial charge in [-0.15, -0.1) is 0 Å². The Labute approximate surface area is 99.2 Å². The maximum atomic E-state index is 5.38. The largest absolute Gasteiger partial charge is 0.496 e. The highest BCUT2D eigenvalue weighted by atomic mass is 16.5. The molecule has 0 amide bonds. The van der Waals surface area contributed by atoms with Crippen LogP contribution >= 0.6 is 0 Å². The summed E-state index contributed by atoms with van der Waals surface area (Å²) in [5.41, 5.74) is 1.27. The predicted molar refractivity (Wildman–Crippen MR) is 68.8 cm³/mol. The van der Waals surface area contributed by atoms with Gasteiger partial charge in [-0.1, -0.05) is 25.1 Å². The van der Waals surface area contributed by atoms with Gasteiger partial charge in [0.15, 0.2) is 0 Å². The summed E-state index contributed by atoms with van der Waals surface area (Å²) in [7, 11) is 1.73. The van der Waals surface area contributed by atoms with E-state index in [2.05, 4.69) is 37.8 Å². The zero-order chi connectivity index (χ0) is 12.0. The smallest absolute Gasteiger partial charge is 0.123 e. The van der Waals surface area contributed by atoms with Crippen LogP contribution in [0.4, 0.5) is 0 Å². The fourth-order valence-corrected chi connectivity index (χ4v) is 1.86. The predicted octanol–water partition coefficient (Wildman–Crippen LogP) is 3.32. The third-order valence-corrected chi connectivity index (χ3v) is 2.81. The third-order valence-electron chi connectivity index (χ3n) is 2.81. The van der Waals surface area contributed by atoms with Gasteiger partial charge in [0.25, 0.3) is 0 Å². The average Bonchev–Trinajstić information content (AvgIpc) is 2.29. The van der Waals surface area contributed by atoms with Crippen LogP contribution < -0.4 is 4.74 Å². The normalized spacial score (nSPS) is 11.1. The Bertz CT molecular complexity index is 309. The van der Waals surface area contributed by atoms with E-state index >= 15 is 0 Å². The second kappa shape index (κ2) is 6.54. The quantitative estimate of drug-likeness (QED) is 0.730. The molecule has 0 aromatic heterocycles. The molecule has 1 aromatic carbocycles. The molecule has 0 spiro atoms. The minimum Gasteiger partial charge on any atom is -0.496 e. The molecular weight excluding hydrogens is 198 g/mol. The number of para-hydroxylation sites is 1. The van der Waals surface area contributed by atoms with Crippen molar-refractivity contribution in [3.63, 3.8) is 0 Å². The summed E-state index contributed by atoms with van der Waals surface area (Å²) in [5, 5.41) is 0. The highest BCUT2D eigenvalue weighted by Crippen LogP contribution is 2.20. The lowest BCUT2D eigenvalue weighted by molar-refractivity contribution is 0.210. The molecule has 90 valence electrons. The Hall–Kier alpha value is -1.02. The van der Waals surface area contributed by atoms with Crippen molar-refractivity contribution < 1.29 is 4.74 Å². The summed E-state index contributed by atoms with van der Waals surface area (Å²) >= 11 is 0. The van der Waals surface area contributed by atoms with Gasteiger partial charge in [-0.05, 0) is 32.9 Å². The van der Waals surface area contributed by atoms with E-state index < -0.39 is 0 Å². The van der Waals surface area contributed by atoms with E-state index in [1.54, 1.807) is 7.11 Å². The topological polar surface area (TPSA) is 12.5 Å². The molecule has 0 radical (unpaired) electrons. The van der Waals surface area contributed by atoms with Gasteiger partial charge in [0, 0.05) is 18.2 Å². The van der Waals surface area contributed by atoms with Crippen LogP contribution in [0.2, 0.25) is 0 Å². The lowest BCUT2D eigenvalue weighted by Gasteiger charge is -2.26. The van der Waals surface area contributed by atoms with E-state index in [0.29, 0.717) is 6.04 Å². The summed E-state index contributed by atoms with van der Waals surface area (Å²) in [5.74, 6) is 0.990. The Morgan fingerprint density at radius 3 is 2.50 bits per heavy atom. The second-order valence-corrected chi connectivity index (χ2v) is 4.38. The Balaban J connectivity index is 2.76. The molecule has 0 fully saturated rings. The number of hydrogen-bond acceptors (Lipinski definition) is 2. The average molecular weight is 221 g/mol. The lowest BCUT2D eigenvalue weighted by atomic mass is 10.1. The molecule has 16 heavy (non-hydrogen) atoms. The Morgan fingerprint density at radius 1 is 1.25 bits per heavy atom. The van der Waals surface area contributed by atoms with Crippen LogP contribution in [0.15, 0.2) is 24.3 Å². The summed E-state index contributed by atoms with van der Waals surface area (Å²) in [6.07, 6.45) is 1.19. The van der Waals surface area contributed by atoms with Crippen molar-refractivity contribution in [2.24, 2.45) is 0 Å². The minimum atomic E-state index is 0.574. The van der Waals surface area contributed by atoms with E-state index in [1.165, 1.54) is 12.0 Å². The van der Waals surface area contributed by atoms with Crippen molar-refractivity contribution >= 4 is 0 Å². The zero-order valence-corrected chi connectivity index (χ0v) is 10.9. The summed E-state index contributed by atoms with van der Waals surface area (Å²) in [6.45, 7) is 8.80. The summed E-state index contributed by atoms with van der Waals surface area (Å²) < 4.78 is 5.38. The molecule has 0 saturated carbocycles. The van der Waals surface area contributed by atoms with Crippen LogP contribution in [-0.4, -0.2) is 24.6 Å². The SMILES string of the molecule is CCCN(Cc1ccccc1OC)C(C)C. The summed E-state index contributed by atoms with van der Waals surface area (Å²) in [6, 6.07) is 8.83. The van der Waals surface area contributed by atoms with E-state index in [4.69, 9.17) is 4.74 Å². The van der Waals surface area contributed by atoms with Gasteiger partial charge < -0.3 is 4.74 Å². The van der Waals surface area contributed by atoms with Gasteiger partial charge in [0.2, 0.25) is 0 Å². The molecule has 2 heteroatoms. The number of methoxy groups -OCH3 is 1. The second-order valence-electron chi connectivity index (χ2n) is 4.38. The lowest BCUT2D eigenvalue weighted by Crippen LogP contribution is -2.31. The van der Waals surface area contributed by atoms with Gasteiger partial charge in [-0.3, -0.25) is 4.90 Å². The maximum Gasteiger partial charge on any atom is 0.123 e. The van der Waals surface area contributed by atoms with Crippen LogP contribution in [0.5, 0.6) is 5.75 Å². The van der Waals surface area contributed by atoms with E-state index in [9.17, 15) is 0 Å². The first kappa shape index (κ1) is 13.0. The van der Waals surface area contributed by atoms with Gasteiger partial charge in [-0.2, -0.15) is 0 Å². The van der Waals surface area contributed by atoms with E-state index in [0.717, 1.165) is 18.8 Å². The van der Waals surface area contributed by atoms with Crippen molar-refractivity contribution in [3.8, 4) is 5.75 Å². The number of rotatable bonds is 6. The van der Waals surface area contributed by atoms with Crippen molar-refractivity contribution in [1.29, 1.82) is 0 Å². The van der Waals surface area contributed by atoms with Crippen molar-refractivity contribution in [2.75, 3.05) is 13.7 Å². The molecule has 0 aliphatic carbocycles. The molecule has 0 heterocycles. The maximum absolute atomic E-state index is 5.38. The molecule has 0 saturated heterocycles. The van der Waals surface area contributed by atoms with Gasteiger partial charge in [-0.25, -0.2) is 0 Å². The van der Waals surface area contributed by atoms with E-state index in [-0.39, 0.29) is 0 Å². The first-order valence-electron chi connectivity index (χ1n) is 6.05. The molecule has 2 nitrogen and oxygen atoms in total. The molecule has 0 aliphatic rings. The van der Waals surface area contributed by atoms with Crippen molar-refractivity contribution in [2.45, 2.75) is 39.8 Å². The van der Waals surface area contributed by atoms with Crippen LogP contribution in [0.1, 0.15) is 32.8 Å². The van der Waals surface area contributed by atoms with Crippen molar-refractivity contribution in [1.82, 2.24) is 4.90 Å². The number of nitrogens with zero attached hydrogens (tertiary/aromatic N) is 1. The molecule has 0 atom stereocenters. The zero-order valence-electron chi connectivity index (χ0n) is 10.9. The fraction of sp³-hybridized carbons (Fsp3) is 0.571. The van der Waals surface area contributed by atoms with Gasteiger partial charge in [0.1, 0.15) is 5.75 Å². The molecular formula is C14H23NO. The number of benzene rings is 1. The Kier molecular flexibility index (Phi) is 5.33. The Morgan fingerprint density at radius 2 is 1.94 bits per heavy atom.